The zero-order valence-corrected chi connectivity index (χ0v) is 13.5. The fourth-order valence-electron chi connectivity index (χ4n) is 2.55. The van der Waals surface area contributed by atoms with E-state index in [0.29, 0.717) is 0 Å². The molecule has 1 atom stereocenters. The van der Waals surface area contributed by atoms with Crippen molar-refractivity contribution in [2.75, 3.05) is 0 Å². The summed E-state index contributed by atoms with van der Waals surface area (Å²) in [6.07, 6.45) is 0.755. The lowest BCUT2D eigenvalue weighted by Crippen LogP contribution is -2.03. The van der Waals surface area contributed by atoms with Gasteiger partial charge < -0.3 is 14.9 Å². The summed E-state index contributed by atoms with van der Waals surface area (Å²) in [5.74, 6) is 1.25. The first-order chi connectivity index (χ1) is 11.6. The fraction of sp³-hybridized carbons (Fsp3) is 0.143. The van der Waals surface area contributed by atoms with Gasteiger partial charge in [0.25, 0.3) is 0 Å². The van der Waals surface area contributed by atoms with Crippen molar-refractivity contribution in [3.8, 4) is 17.2 Å². The Morgan fingerprint density at radius 3 is 1.71 bits per heavy atom. The highest BCUT2D eigenvalue weighted by atomic mass is 16.5. The second-order valence-electron chi connectivity index (χ2n) is 5.84. The molecule has 0 saturated carbocycles. The third-order valence-electron chi connectivity index (χ3n) is 3.94. The Bertz CT molecular complexity index is 775. The highest BCUT2D eigenvalue weighted by molar-refractivity contribution is 5.34. The Balaban J connectivity index is 1.64. The SMILES string of the molecule is CC(Oc1ccc(O)cc1)c1ccc(Cc2ccc(O)cc2)cc1. The number of hydrogen-bond donors (Lipinski definition) is 2. The van der Waals surface area contributed by atoms with Crippen LogP contribution in [-0.4, -0.2) is 10.2 Å². The molecule has 3 aromatic rings. The summed E-state index contributed by atoms with van der Waals surface area (Å²) in [7, 11) is 0. The summed E-state index contributed by atoms with van der Waals surface area (Å²) in [5.41, 5.74) is 3.47. The lowest BCUT2D eigenvalue weighted by molar-refractivity contribution is 0.226. The predicted octanol–water partition coefficient (Wildman–Crippen LogP) is 4.83. The quantitative estimate of drug-likeness (QED) is 0.708. The van der Waals surface area contributed by atoms with Crippen LogP contribution in [0.4, 0.5) is 0 Å². The Morgan fingerprint density at radius 2 is 1.17 bits per heavy atom. The summed E-state index contributed by atoms with van der Waals surface area (Å²) in [4.78, 5) is 0. The number of phenolic OH excluding ortho intramolecular Hbond substituents is 2. The van der Waals surface area contributed by atoms with Gasteiger partial charge in [0.1, 0.15) is 23.4 Å². The molecule has 24 heavy (non-hydrogen) atoms. The third-order valence-corrected chi connectivity index (χ3v) is 3.94. The maximum absolute atomic E-state index is 9.33. The van der Waals surface area contributed by atoms with Crippen LogP contribution < -0.4 is 4.74 Å². The van der Waals surface area contributed by atoms with Crippen molar-refractivity contribution < 1.29 is 14.9 Å². The highest BCUT2D eigenvalue weighted by Gasteiger charge is 2.07. The minimum atomic E-state index is -0.0720. The standard InChI is InChI=1S/C21H20O3/c1-15(24-21-12-10-20(23)11-13-21)18-6-2-16(3-7-18)14-17-4-8-19(22)9-5-17/h2-13,15,22-23H,14H2,1H3. The lowest BCUT2D eigenvalue weighted by Gasteiger charge is -2.15. The molecule has 3 rings (SSSR count). The molecule has 0 amide bonds. The molecule has 0 fully saturated rings. The zero-order valence-electron chi connectivity index (χ0n) is 13.5. The first-order valence-corrected chi connectivity index (χ1v) is 7.92. The molecule has 2 N–H and O–H groups in total. The van der Waals surface area contributed by atoms with E-state index in [4.69, 9.17) is 4.74 Å². The van der Waals surface area contributed by atoms with Gasteiger partial charge in [0, 0.05) is 0 Å². The van der Waals surface area contributed by atoms with Gasteiger partial charge in [-0.2, -0.15) is 0 Å². The number of ether oxygens (including phenoxy) is 1. The Morgan fingerprint density at radius 1 is 0.708 bits per heavy atom. The summed E-state index contributed by atoms with van der Waals surface area (Å²) in [6.45, 7) is 2.00. The number of rotatable bonds is 5. The van der Waals surface area contributed by atoms with Crippen LogP contribution >= 0.6 is 0 Å². The summed E-state index contributed by atoms with van der Waals surface area (Å²) in [6, 6.07) is 22.3. The maximum atomic E-state index is 9.33. The molecular weight excluding hydrogens is 300 g/mol. The smallest absolute Gasteiger partial charge is 0.121 e. The maximum Gasteiger partial charge on any atom is 0.121 e. The van der Waals surface area contributed by atoms with Gasteiger partial charge in [0.05, 0.1) is 0 Å². The minimum Gasteiger partial charge on any atom is -0.508 e. The van der Waals surface area contributed by atoms with Crippen LogP contribution in [-0.2, 0) is 6.42 Å². The molecule has 3 heteroatoms. The number of phenols is 2. The van der Waals surface area contributed by atoms with Crippen molar-refractivity contribution >= 4 is 0 Å². The van der Waals surface area contributed by atoms with E-state index in [1.807, 2.05) is 19.1 Å². The van der Waals surface area contributed by atoms with Crippen molar-refractivity contribution in [3.63, 3.8) is 0 Å². The molecule has 1 unspecified atom stereocenters. The number of aromatic hydroxyl groups is 2. The van der Waals surface area contributed by atoms with E-state index in [9.17, 15) is 10.2 Å². The van der Waals surface area contributed by atoms with Gasteiger partial charge in [-0.1, -0.05) is 36.4 Å². The molecule has 0 saturated heterocycles. The van der Waals surface area contributed by atoms with Crippen molar-refractivity contribution in [1.29, 1.82) is 0 Å². The second kappa shape index (κ2) is 7.09. The zero-order chi connectivity index (χ0) is 16.9. The van der Waals surface area contributed by atoms with Gasteiger partial charge in [-0.15, -0.1) is 0 Å². The highest BCUT2D eigenvalue weighted by Crippen LogP contribution is 2.24. The van der Waals surface area contributed by atoms with Gasteiger partial charge >= 0.3 is 0 Å². The van der Waals surface area contributed by atoms with Crippen molar-refractivity contribution in [3.05, 3.63) is 89.5 Å². The largest absolute Gasteiger partial charge is 0.508 e. The van der Waals surface area contributed by atoms with E-state index in [2.05, 4.69) is 24.3 Å². The van der Waals surface area contributed by atoms with Crippen molar-refractivity contribution in [2.45, 2.75) is 19.4 Å². The Labute approximate surface area is 141 Å². The lowest BCUT2D eigenvalue weighted by atomic mass is 10.0. The Hall–Kier alpha value is -2.94. The molecule has 122 valence electrons. The number of benzene rings is 3. The van der Waals surface area contributed by atoms with Gasteiger partial charge in [-0.05, 0) is 66.4 Å². The molecule has 0 aliphatic carbocycles. The molecule has 0 radical (unpaired) electrons. The van der Waals surface area contributed by atoms with Gasteiger partial charge in [0.15, 0.2) is 0 Å². The van der Waals surface area contributed by atoms with E-state index in [1.54, 1.807) is 36.4 Å². The molecule has 0 bridgehead atoms. The second-order valence-corrected chi connectivity index (χ2v) is 5.84. The van der Waals surface area contributed by atoms with Crippen LogP contribution in [0.25, 0.3) is 0 Å². The molecule has 0 aliphatic heterocycles. The molecule has 0 aromatic heterocycles. The molecule has 0 aliphatic rings. The van der Waals surface area contributed by atoms with Gasteiger partial charge in [-0.3, -0.25) is 0 Å². The van der Waals surface area contributed by atoms with Crippen LogP contribution in [0, 0.1) is 0 Å². The van der Waals surface area contributed by atoms with E-state index in [1.165, 1.54) is 5.56 Å². The van der Waals surface area contributed by atoms with Crippen LogP contribution in [0.5, 0.6) is 17.2 Å². The van der Waals surface area contributed by atoms with E-state index < -0.39 is 0 Å². The van der Waals surface area contributed by atoms with Gasteiger partial charge in [0.2, 0.25) is 0 Å². The molecular formula is C21H20O3. The van der Waals surface area contributed by atoms with E-state index in [0.717, 1.165) is 23.3 Å². The van der Waals surface area contributed by atoms with Gasteiger partial charge in [-0.25, -0.2) is 0 Å². The van der Waals surface area contributed by atoms with Crippen molar-refractivity contribution in [1.82, 2.24) is 0 Å². The molecule has 3 nitrogen and oxygen atoms in total. The van der Waals surface area contributed by atoms with Crippen LogP contribution in [0.1, 0.15) is 29.7 Å². The van der Waals surface area contributed by atoms with E-state index >= 15 is 0 Å². The molecule has 0 heterocycles. The minimum absolute atomic E-state index is 0.0720. The topological polar surface area (TPSA) is 49.7 Å². The summed E-state index contributed by atoms with van der Waals surface area (Å²) < 4.78 is 5.89. The normalized spacial score (nSPS) is 11.9. The molecule has 3 aromatic carbocycles. The predicted molar refractivity (Wildman–Crippen MR) is 94.5 cm³/mol. The first-order valence-electron chi connectivity index (χ1n) is 7.92. The van der Waals surface area contributed by atoms with Crippen LogP contribution in [0.15, 0.2) is 72.8 Å². The average Bonchev–Trinajstić information content (AvgIpc) is 2.59. The van der Waals surface area contributed by atoms with Crippen LogP contribution in [0.2, 0.25) is 0 Å². The van der Waals surface area contributed by atoms with E-state index in [-0.39, 0.29) is 17.6 Å². The Kier molecular flexibility index (Phi) is 4.71. The number of hydrogen-bond acceptors (Lipinski definition) is 3. The average molecular weight is 320 g/mol. The monoisotopic (exact) mass is 320 g/mol. The summed E-state index contributed by atoms with van der Waals surface area (Å²) >= 11 is 0. The fourth-order valence-corrected chi connectivity index (χ4v) is 2.55. The first kappa shape index (κ1) is 15.9. The third kappa shape index (κ3) is 4.07. The van der Waals surface area contributed by atoms with Crippen molar-refractivity contribution in [2.24, 2.45) is 0 Å². The van der Waals surface area contributed by atoms with Crippen LogP contribution in [0.3, 0.4) is 0 Å². The summed E-state index contributed by atoms with van der Waals surface area (Å²) in [5, 5.41) is 18.6. The molecule has 0 spiro atoms.